The largest absolute Gasteiger partial charge is 0.352 e. The standard InChI is InChI=1S/C28H22ClFN4O/c1-18-24(17-32-34(18)21-12-10-20(30)11-13-21)27-16-23(22-7-3-5-9-26(22)33-27)28(35)31-15-14-19-6-2-4-8-25(19)29/h2-13,16-17H,14-15H2,1H3,(H,31,35). The summed E-state index contributed by atoms with van der Waals surface area (Å²) in [5.74, 6) is -0.486. The third-order valence-corrected chi connectivity index (χ3v) is 6.32. The Morgan fingerprint density at radius 3 is 2.57 bits per heavy atom. The van der Waals surface area contributed by atoms with Gasteiger partial charge in [-0.1, -0.05) is 48.0 Å². The van der Waals surface area contributed by atoms with Crippen molar-refractivity contribution in [2.45, 2.75) is 13.3 Å². The van der Waals surface area contributed by atoms with Gasteiger partial charge in [-0.15, -0.1) is 0 Å². The first-order valence-corrected chi connectivity index (χ1v) is 11.6. The molecular formula is C28H22ClFN4O. The van der Waals surface area contributed by atoms with Gasteiger partial charge in [0.15, 0.2) is 0 Å². The van der Waals surface area contributed by atoms with Crippen LogP contribution in [0.3, 0.4) is 0 Å². The molecule has 0 aliphatic heterocycles. The monoisotopic (exact) mass is 484 g/mol. The number of hydrogen-bond donors (Lipinski definition) is 1. The highest BCUT2D eigenvalue weighted by atomic mass is 35.5. The van der Waals surface area contributed by atoms with Gasteiger partial charge in [-0.25, -0.2) is 14.1 Å². The summed E-state index contributed by atoms with van der Waals surface area (Å²) >= 11 is 6.24. The molecule has 0 aliphatic rings. The Hall–Kier alpha value is -4.03. The van der Waals surface area contributed by atoms with Gasteiger partial charge in [0.25, 0.3) is 5.91 Å². The lowest BCUT2D eigenvalue weighted by Crippen LogP contribution is -2.26. The summed E-state index contributed by atoms with van der Waals surface area (Å²) in [7, 11) is 0. The van der Waals surface area contributed by atoms with Gasteiger partial charge in [-0.05, 0) is 61.4 Å². The highest BCUT2D eigenvalue weighted by Gasteiger charge is 2.17. The van der Waals surface area contributed by atoms with Crippen molar-refractivity contribution in [1.82, 2.24) is 20.1 Å². The van der Waals surface area contributed by atoms with Crippen LogP contribution in [0.1, 0.15) is 21.6 Å². The Morgan fingerprint density at radius 2 is 1.77 bits per heavy atom. The predicted molar refractivity (Wildman–Crippen MR) is 136 cm³/mol. The summed E-state index contributed by atoms with van der Waals surface area (Å²) in [5, 5.41) is 8.95. The first-order chi connectivity index (χ1) is 17.0. The lowest BCUT2D eigenvalue weighted by Gasteiger charge is -2.11. The molecule has 1 N–H and O–H groups in total. The van der Waals surface area contributed by atoms with Gasteiger partial charge in [0.05, 0.1) is 34.4 Å². The van der Waals surface area contributed by atoms with Crippen molar-refractivity contribution in [3.05, 3.63) is 113 Å². The van der Waals surface area contributed by atoms with Gasteiger partial charge in [0.1, 0.15) is 5.82 Å². The number of amides is 1. The number of benzene rings is 3. The van der Waals surface area contributed by atoms with E-state index in [0.717, 1.165) is 33.4 Å². The zero-order chi connectivity index (χ0) is 24.4. The van der Waals surface area contributed by atoms with Crippen LogP contribution >= 0.6 is 11.6 Å². The van der Waals surface area contributed by atoms with E-state index in [1.807, 2.05) is 55.5 Å². The zero-order valence-corrected chi connectivity index (χ0v) is 19.8. The van der Waals surface area contributed by atoms with E-state index < -0.39 is 0 Å². The smallest absolute Gasteiger partial charge is 0.252 e. The number of halogens is 2. The van der Waals surface area contributed by atoms with Crippen LogP contribution in [0.25, 0.3) is 27.8 Å². The molecular weight excluding hydrogens is 463 g/mol. The van der Waals surface area contributed by atoms with Crippen LogP contribution in [0.2, 0.25) is 5.02 Å². The molecule has 35 heavy (non-hydrogen) atoms. The summed E-state index contributed by atoms with van der Waals surface area (Å²) in [6.07, 6.45) is 2.35. The average Bonchev–Trinajstić information content (AvgIpc) is 3.26. The maximum absolute atomic E-state index is 13.4. The number of rotatable bonds is 6. The normalized spacial score (nSPS) is 11.1. The predicted octanol–water partition coefficient (Wildman–Crippen LogP) is 6.16. The number of aromatic nitrogens is 3. The van der Waals surface area contributed by atoms with Gasteiger partial charge < -0.3 is 5.32 Å². The number of para-hydroxylation sites is 1. The van der Waals surface area contributed by atoms with E-state index in [1.54, 1.807) is 29.1 Å². The number of nitrogens with zero attached hydrogens (tertiary/aromatic N) is 3. The van der Waals surface area contributed by atoms with Gasteiger partial charge in [0, 0.05) is 22.5 Å². The summed E-state index contributed by atoms with van der Waals surface area (Å²) in [5.41, 5.74) is 5.27. The molecule has 3 aromatic carbocycles. The number of nitrogens with one attached hydrogen (secondary N) is 1. The van der Waals surface area contributed by atoms with Crippen LogP contribution in [0.5, 0.6) is 0 Å². The zero-order valence-electron chi connectivity index (χ0n) is 19.0. The minimum atomic E-state index is -0.305. The first-order valence-electron chi connectivity index (χ1n) is 11.2. The Morgan fingerprint density at radius 1 is 1.03 bits per heavy atom. The van der Waals surface area contributed by atoms with E-state index in [4.69, 9.17) is 16.6 Å². The van der Waals surface area contributed by atoms with Gasteiger partial charge in [0.2, 0.25) is 0 Å². The van der Waals surface area contributed by atoms with E-state index in [1.165, 1.54) is 12.1 Å². The number of carbonyl (C=O) groups is 1. The molecule has 0 saturated carbocycles. The van der Waals surface area contributed by atoms with Gasteiger partial charge >= 0.3 is 0 Å². The summed E-state index contributed by atoms with van der Waals surface area (Å²) in [6.45, 7) is 2.38. The van der Waals surface area contributed by atoms with Crippen molar-refractivity contribution in [3.8, 4) is 16.9 Å². The molecule has 1 amide bonds. The van der Waals surface area contributed by atoms with Crippen molar-refractivity contribution in [3.63, 3.8) is 0 Å². The molecule has 0 saturated heterocycles. The number of carbonyl (C=O) groups excluding carboxylic acids is 1. The minimum absolute atomic E-state index is 0.180. The van der Waals surface area contributed by atoms with E-state index in [2.05, 4.69) is 10.4 Å². The molecule has 0 unspecified atom stereocenters. The fourth-order valence-corrected chi connectivity index (χ4v) is 4.34. The molecule has 5 rings (SSSR count). The summed E-state index contributed by atoms with van der Waals surface area (Å²) < 4.78 is 15.1. The van der Waals surface area contributed by atoms with Crippen molar-refractivity contribution < 1.29 is 9.18 Å². The van der Waals surface area contributed by atoms with Crippen LogP contribution in [0.15, 0.2) is 85.1 Å². The molecule has 5 nitrogen and oxygen atoms in total. The van der Waals surface area contributed by atoms with Crippen LogP contribution in [-0.4, -0.2) is 27.2 Å². The second-order valence-corrected chi connectivity index (χ2v) is 8.61. The Kier molecular flexibility index (Phi) is 6.29. The molecule has 0 aliphatic carbocycles. The minimum Gasteiger partial charge on any atom is -0.352 e. The fourth-order valence-electron chi connectivity index (χ4n) is 4.11. The quantitative estimate of drug-likeness (QED) is 0.314. The van der Waals surface area contributed by atoms with Crippen molar-refractivity contribution >= 4 is 28.4 Å². The number of hydrogen-bond acceptors (Lipinski definition) is 3. The van der Waals surface area contributed by atoms with Gasteiger partial charge in [-0.2, -0.15) is 5.10 Å². The summed E-state index contributed by atoms with van der Waals surface area (Å²) in [4.78, 5) is 18.0. The maximum atomic E-state index is 13.4. The van der Waals surface area contributed by atoms with Crippen LogP contribution in [0, 0.1) is 12.7 Å². The third kappa shape index (κ3) is 4.66. The van der Waals surface area contributed by atoms with Crippen molar-refractivity contribution in [1.29, 1.82) is 0 Å². The lowest BCUT2D eigenvalue weighted by atomic mass is 10.0. The molecule has 2 heterocycles. The molecule has 0 fully saturated rings. The maximum Gasteiger partial charge on any atom is 0.252 e. The number of pyridine rings is 1. The molecule has 5 aromatic rings. The summed E-state index contributed by atoms with van der Waals surface area (Å²) in [6, 6.07) is 23.1. The second kappa shape index (κ2) is 9.68. The highest BCUT2D eigenvalue weighted by molar-refractivity contribution is 6.31. The topological polar surface area (TPSA) is 59.8 Å². The number of fused-ring (bicyclic) bond motifs is 1. The SMILES string of the molecule is Cc1c(-c2cc(C(=O)NCCc3ccccc3Cl)c3ccccc3n2)cnn1-c1ccc(F)cc1. The molecule has 174 valence electrons. The Labute approximate surface area is 207 Å². The van der Waals surface area contributed by atoms with E-state index >= 15 is 0 Å². The second-order valence-electron chi connectivity index (χ2n) is 8.20. The first kappa shape index (κ1) is 22.7. The van der Waals surface area contributed by atoms with Crippen molar-refractivity contribution in [2.75, 3.05) is 6.54 Å². The Bertz CT molecular complexity index is 1530. The molecule has 0 spiro atoms. The molecule has 7 heteroatoms. The molecule has 0 atom stereocenters. The van der Waals surface area contributed by atoms with Crippen LogP contribution < -0.4 is 5.32 Å². The highest BCUT2D eigenvalue weighted by Crippen LogP contribution is 2.28. The van der Waals surface area contributed by atoms with Gasteiger partial charge in [-0.3, -0.25) is 4.79 Å². The van der Waals surface area contributed by atoms with Crippen LogP contribution in [0.4, 0.5) is 4.39 Å². The molecule has 0 radical (unpaired) electrons. The lowest BCUT2D eigenvalue weighted by molar-refractivity contribution is 0.0955. The van der Waals surface area contributed by atoms with E-state index in [-0.39, 0.29) is 11.7 Å². The molecule has 0 bridgehead atoms. The van der Waals surface area contributed by atoms with Crippen molar-refractivity contribution in [2.24, 2.45) is 0 Å². The Balaban J connectivity index is 1.47. The van der Waals surface area contributed by atoms with E-state index in [9.17, 15) is 9.18 Å². The average molecular weight is 485 g/mol. The molecule has 2 aromatic heterocycles. The fraction of sp³-hybridized carbons (Fsp3) is 0.107. The third-order valence-electron chi connectivity index (χ3n) is 5.96. The van der Waals surface area contributed by atoms with Crippen LogP contribution in [-0.2, 0) is 6.42 Å². The van der Waals surface area contributed by atoms with E-state index in [0.29, 0.717) is 29.2 Å².